The van der Waals surface area contributed by atoms with Crippen LogP contribution in [0.2, 0.25) is 10.0 Å². The van der Waals surface area contributed by atoms with Crippen LogP contribution in [0.3, 0.4) is 0 Å². The molecule has 0 spiro atoms. The molecule has 1 aliphatic heterocycles. The molecular weight excluding hydrogens is 417 g/mol. The molecule has 1 fully saturated rings. The minimum absolute atomic E-state index is 0.255. The highest BCUT2D eigenvalue weighted by Crippen LogP contribution is 2.29. The fourth-order valence-corrected chi connectivity index (χ4v) is 3.32. The number of halogens is 2. The van der Waals surface area contributed by atoms with Crippen LogP contribution in [0.4, 0.5) is 0 Å². The van der Waals surface area contributed by atoms with E-state index in [0.717, 1.165) is 11.1 Å². The van der Waals surface area contributed by atoms with Crippen molar-refractivity contribution >= 4 is 23.2 Å². The first-order valence-corrected chi connectivity index (χ1v) is 9.77. The second-order valence-corrected chi connectivity index (χ2v) is 7.39. The van der Waals surface area contributed by atoms with Crippen LogP contribution in [-0.2, 0) is 32.2 Å². The van der Waals surface area contributed by atoms with Crippen molar-refractivity contribution in [3.63, 3.8) is 0 Å². The lowest BCUT2D eigenvalue weighted by molar-refractivity contribution is -0.139. The van der Waals surface area contributed by atoms with Crippen molar-refractivity contribution in [2.45, 2.75) is 37.8 Å². The zero-order chi connectivity index (χ0) is 20.6. The van der Waals surface area contributed by atoms with Crippen LogP contribution in [0.1, 0.15) is 11.1 Å². The average molecular weight is 438 g/mol. The average Bonchev–Trinajstić information content (AvgIpc) is 3.06. The maximum absolute atomic E-state index is 8.94. The highest BCUT2D eigenvalue weighted by Gasteiger charge is 2.45. The third kappa shape index (κ3) is 6.07. The predicted molar refractivity (Wildman–Crippen MR) is 110 cm³/mol. The normalized spacial score (nSPS) is 23.7. The molecule has 2 aromatic carbocycles. The quantitative estimate of drug-likeness (QED) is 0.308. The van der Waals surface area contributed by atoms with Crippen molar-refractivity contribution in [2.24, 2.45) is 5.11 Å². The van der Waals surface area contributed by atoms with Crippen molar-refractivity contribution in [2.75, 3.05) is 13.7 Å². The molecule has 0 aromatic heterocycles. The molecule has 154 valence electrons. The zero-order valence-corrected chi connectivity index (χ0v) is 17.3. The Labute approximate surface area is 179 Å². The molecule has 0 radical (unpaired) electrons. The molecule has 1 aliphatic rings. The maximum atomic E-state index is 8.94. The van der Waals surface area contributed by atoms with E-state index >= 15 is 0 Å². The van der Waals surface area contributed by atoms with Gasteiger partial charge in [-0.1, -0.05) is 52.6 Å². The van der Waals surface area contributed by atoms with Gasteiger partial charge in [-0.3, -0.25) is 0 Å². The molecule has 1 saturated heterocycles. The van der Waals surface area contributed by atoms with E-state index in [2.05, 4.69) is 10.0 Å². The van der Waals surface area contributed by atoms with E-state index in [4.69, 9.17) is 47.7 Å². The molecule has 0 amide bonds. The molecule has 29 heavy (non-hydrogen) atoms. The van der Waals surface area contributed by atoms with Gasteiger partial charge in [-0.2, -0.15) is 0 Å². The number of nitrogens with zero attached hydrogens (tertiary/aromatic N) is 3. The van der Waals surface area contributed by atoms with Crippen LogP contribution < -0.4 is 0 Å². The van der Waals surface area contributed by atoms with Gasteiger partial charge in [0.1, 0.15) is 12.1 Å². The Balaban J connectivity index is 1.64. The summed E-state index contributed by atoms with van der Waals surface area (Å²) in [7, 11) is 1.50. The monoisotopic (exact) mass is 437 g/mol. The SMILES string of the molecule is CO[C@H]1O[C@H](COCc2ccc(Cl)cc2)[C@@H](OCc2ccc(Cl)cc2)[C@@H]1N=[N+]=[N-]. The Morgan fingerprint density at radius 3 is 2.14 bits per heavy atom. The molecule has 0 saturated carbocycles. The minimum Gasteiger partial charge on any atom is -0.374 e. The van der Waals surface area contributed by atoms with Crippen molar-refractivity contribution in [3.8, 4) is 0 Å². The van der Waals surface area contributed by atoms with E-state index in [-0.39, 0.29) is 6.61 Å². The molecule has 3 rings (SSSR count). The number of ether oxygens (including phenoxy) is 4. The molecule has 1 heterocycles. The van der Waals surface area contributed by atoms with Gasteiger partial charge in [-0.15, -0.1) is 0 Å². The Kier molecular flexibility index (Phi) is 8.15. The second-order valence-electron chi connectivity index (χ2n) is 6.52. The van der Waals surface area contributed by atoms with E-state index in [1.165, 1.54) is 7.11 Å². The maximum Gasteiger partial charge on any atom is 0.168 e. The van der Waals surface area contributed by atoms with Gasteiger partial charge >= 0.3 is 0 Å². The van der Waals surface area contributed by atoms with Gasteiger partial charge < -0.3 is 18.9 Å². The van der Waals surface area contributed by atoms with Crippen molar-refractivity contribution in [1.82, 2.24) is 0 Å². The molecular formula is C20H21Cl2N3O4. The Morgan fingerprint density at radius 2 is 1.59 bits per heavy atom. The Morgan fingerprint density at radius 1 is 1.00 bits per heavy atom. The second kappa shape index (κ2) is 10.8. The summed E-state index contributed by atoms with van der Waals surface area (Å²) in [6, 6.07) is 14.1. The smallest absolute Gasteiger partial charge is 0.168 e. The van der Waals surface area contributed by atoms with Crippen LogP contribution in [0.25, 0.3) is 10.4 Å². The van der Waals surface area contributed by atoms with Crippen molar-refractivity contribution in [3.05, 3.63) is 80.1 Å². The highest BCUT2D eigenvalue weighted by atomic mass is 35.5. The topological polar surface area (TPSA) is 85.7 Å². The van der Waals surface area contributed by atoms with Crippen LogP contribution in [-0.4, -0.2) is 38.3 Å². The van der Waals surface area contributed by atoms with Crippen molar-refractivity contribution < 1.29 is 18.9 Å². The van der Waals surface area contributed by atoms with Crippen LogP contribution in [0.5, 0.6) is 0 Å². The van der Waals surface area contributed by atoms with Gasteiger partial charge in [-0.25, -0.2) is 0 Å². The first kappa shape index (κ1) is 21.9. The van der Waals surface area contributed by atoms with Gasteiger partial charge in [0.15, 0.2) is 6.29 Å². The molecule has 4 atom stereocenters. The predicted octanol–water partition coefficient (Wildman–Crippen LogP) is 5.15. The van der Waals surface area contributed by atoms with Crippen LogP contribution in [0, 0.1) is 0 Å². The number of hydrogen-bond acceptors (Lipinski definition) is 5. The van der Waals surface area contributed by atoms with Crippen LogP contribution >= 0.6 is 23.2 Å². The summed E-state index contributed by atoms with van der Waals surface area (Å²) < 4.78 is 23.1. The van der Waals surface area contributed by atoms with Gasteiger partial charge in [0.2, 0.25) is 0 Å². The number of hydrogen-bond donors (Lipinski definition) is 0. The Hall–Kier alpha value is -1.83. The van der Waals surface area contributed by atoms with Crippen LogP contribution in [0.15, 0.2) is 53.6 Å². The molecule has 0 unspecified atom stereocenters. The standard InChI is InChI=1S/C20H21Cl2N3O4/c1-26-20-18(24-25-23)19(28-11-14-4-8-16(22)9-5-14)17(29-20)12-27-10-13-2-6-15(21)7-3-13/h2-9,17-20H,10-12H2,1H3/t17-,18+,19-,20+/m1/s1. The summed E-state index contributed by atoms with van der Waals surface area (Å²) in [5.41, 5.74) is 10.9. The lowest BCUT2D eigenvalue weighted by atomic mass is 10.1. The number of azide groups is 1. The highest BCUT2D eigenvalue weighted by molar-refractivity contribution is 6.30. The van der Waals surface area contributed by atoms with Gasteiger partial charge in [0.25, 0.3) is 0 Å². The third-order valence-corrected chi connectivity index (χ3v) is 5.03. The van der Waals surface area contributed by atoms with E-state index in [0.29, 0.717) is 23.3 Å². The van der Waals surface area contributed by atoms with E-state index in [1.807, 2.05) is 36.4 Å². The first-order valence-electron chi connectivity index (χ1n) is 9.01. The molecule has 0 bridgehead atoms. The summed E-state index contributed by atoms with van der Waals surface area (Å²) >= 11 is 11.8. The van der Waals surface area contributed by atoms with E-state index in [9.17, 15) is 0 Å². The molecule has 0 N–H and O–H groups in total. The number of rotatable bonds is 9. The number of methoxy groups -OCH3 is 1. The fourth-order valence-electron chi connectivity index (χ4n) is 3.07. The Bertz CT molecular complexity index is 829. The lowest BCUT2D eigenvalue weighted by Crippen LogP contribution is -2.36. The largest absolute Gasteiger partial charge is 0.374 e. The summed E-state index contributed by atoms with van der Waals surface area (Å²) in [6.07, 6.45) is -1.67. The van der Waals surface area contributed by atoms with E-state index in [1.54, 1.807) is 12.1 Å². The van der Waals surface area contributed by atoms with Gasteiger partial charge in [0, 0.05) is 22.1 Å². The fraction of sp³-hybridized carbons (Fsp3) is 0.400. The third-order valence-electron chi connectivity index (χ3n) is 4.53. The minimum atomic E-state index is -0.703. The summed E-state index contributed by atoms with van der Waals surface area (Å²) in [5.74, 6) is 0. The molecule has 2 aromatic rings. The van der Waals surface area contributed by atoms with Gasteiger partial charge in [-0.05, 0) is 40.9 Å². The number of benzene rings is 2. The first-order chi connectivity index (χ1) is 14.1. The van der Waals surface area contributed by atoms with E-state index < -0.39 is 24.5 Å². The summed E-state index contributed by atoms with van der Waals surface area (Å²) in [4.78, 5) is 2.92. The zero-order valence-electron chi connectivity index (χ0n) is 15.8. The lowest BCUT2D eigenvalue weighted by Gasteiger charge is -2.21. The summed E-state index contributed by atoms with van der Waals surface area (Å²) in [5, 5.41) is 5.14. The molecule has 0 aliphatic carbocycles. The van der Waals surface area contributed by atoms with Gasteiger partial charge in [0.05, 0.1) is 25.9 Å². The van der Waals surface area contributed by atoms with Crippen molar-refractivity contribution in [1.29, 1.82) is 0 Å². The summed E-state index contributed by atoms with van der Waals surface area (Å²) in [6.45, 7) is 0.961. The molecule has 9 heteroatoms. The molecule has 7 nitrogen and oxygen atoms in total.